The number of piperidine rings is 1. The molecule has 1 fully saturated rings. The van der Waals surface area contributed by atoms with Crippen LogP contribution in [0.1, 0.15) is 34.7 Å². The third-order valence-corrected chi connectivity index (χ3v) is 5.19. The van der Waals surface area contributed by atoms with Crippen molar-refractivity contribution >= 4 is 11.7 Å². The third-order valence-electron chi connectivity index (χ3n) is 5.19. The van der Waals surface area contributed by atoms with E-state index in [4.69, 9.17) is 0 Å². The fraction of sp³-hybridized carbons (Fsp3) is 0.318. The first-order valence-electron chi connectivity index (χ1n) is 10.3. The number of anilines is 1. The number of halogens is 4. The summed E-state index contributed by atoms with van der Waals surface area (Å²) in [6.07, 6.45) is -0.359. The van der Waals surface area contributed by atoms with Gasteiger partial charge in [0, 0.05) is 48.8 Å². The van der Waals surface area contributed by atoms with E-state index in [1.54, 1.807) is 11.0 Å². The lowest BCUT2D eigenvalue weighted by Crippen LogP contribution is -2.45. The lowest BCUT2D eigenvalue weighted by Gasteiger charge is -2.34. The summed E-state index contributed by atoms with van der Waals surface area (Å²) < 4.78 is 53.1. The molecule has 1 amide bonds. The maximum atomic E-state index is 14.0. The molecule has 0 spiro atoms. The van der Waals surface area contributed by atoms with Crippen LogP contribution in [0.4, 0.5) is 23.4 Å². The Morgan fingerprint density at radius 3 is 2.64 bits per heavy atom. The number of likely N-dealkylation sites (tertiary alicyclic amines) is 1. The number of rotatable bonds is 4. The van der Waals surface area contributed by atoms with Gasteiger partial charge in [-0.25, -0.2) is 24.3 Å². The number of amides is 1. The van der Waals surface area contributed by atoms with Gasteiger partial charge < -0.3 is 10.2 Å². The molecule has 2 aromatic heterocycles. The normalized spacial score (nSPS) is 16.5. The van der Waals surface area contributed by atoms with Crippen LogP contribution in [0.25, 0.3) is 11.4 Å². The number of carbonyl (C=O) groups excluding carboxylic acids is 1. The summed E-state index contributed by atoms with van der Waals surface area (Å²) in [5, 5.41) is 2.98. The van der Waals surface area contributed by atoms with Crippen LogP contribution in [0.15, 0.2) is 42.7 Å². The Morgan fingerprint density at radius 1 is 1.15 bits per heavy atom. The summed E-state index contributed by atoms with van der Waals surface area (Å²) in [5.74, 6) is -1.86. The quantitative estimate of drug-likeness (QED) is 0.590. The Balaban J connectivity index is 1.55. The van der Waals surface area contributed by atoms with Crippen molar-refractivity contribution in [2.75, 3.05) is 18.4 Å². The minimum absolute atomic E-state index is 0.0401. The molecule has 0 aliphatic carbocycles. The highest BCUT2D eigenvalue weighted by atomic mass is 19.4. The summed E-state index contributed by atoms with van der Waals surface area (Å²) in [4.78, 5) is 30.1. The molecular formula is C22H20F4N6O. The molecular weight excluding hydrogens is 440 g/mol. The van der Waals surface area contributed by atoms with Gasteiger partial charge in [0.25, 0.3) is 5.91 Å². The zero-order chi connectivity index (χ0) is 23.6. The molecule has 11 heteroatoms. The average Bonchev–Trinajstić information content (AvgIpc) is 2.78. The molecule has 1 saturated heterocycles. The molecule has 172 valence electrons. The minimum atomic E-state index is -4.66. The van der Waals surface area contributed by atoms with Gasteiger partial charge in [0.15, 0.2) is 5.82 Å². The number of hydrogen-bond acceptors (Lipinski definition) is 6. The van der Waals surface area contributed by atoms with Gasteiger partial charge in [-0.15, -0.1) is 0 Å². The molecule has 7 nitrogen and oxygen atoms in total. The summed E-state index contributed by atoms with van der Waals surface area (Å²) >= 11 is 0. The van der Waals surface area contributed by atoms with Gasteiger partial charge >= 0.3 is 6.18 Å². The number of hydrogen-bond donors (Lipinski definition) is 1. The summed E-state index contributed by atoms with van der Waals surface area (Å²) in [5.41, 5.74) is 0.702. The van der Waals surface area contributed by atoms with E-state index in [1.807, 2.05) is 0 Å². The van der Waals surface area contributed by atoms with Crippen LogP contribution >= 0.6 is 0 Å². The zero-order valence-electron chi connectivity index (χ0n) is 17.6. The highest BCUT2D eigenvalue weighted by Gasteiger charge is 2.35. The van der Waals surface area contributed by atoms with Crippen molar-refractivity contribution in [3.05, 3.63) is 65.6 Å². The van der Waals surface area contributed by atoms with Crippen molar-refractivity contribution < 1.29 is 22.4 Å². The molecule has 1 N–H and O–H groups in total. The monoisotopic (exact) mass is 460 g/mol. The number of carbonyl (C=O) groups is 1. The average molecular weight is 460 g/mol. The molecule has 0 saturated carbocycles. The Bertz CT molecular complexity index is 1160. The van der Waals surface area contributed by atoms with Gasteiger partial charge in [0.2, 0.25) is 5.82 Å². The predicted octanol–water partition coefficient (Wildman–Crippen LogP) is 4.12. The van der Waals surface area contributed by atoms with Gasteiger partial charge in [0.1, 0.15) is 11.6 Å². The van der Waals surface area contributed by atoms with Gasteiger partial charge in [-0.1, -0.05) is 0 Å². The summed E-state index contributed by atoms with van der Waals surface area (Å²) in [7, 11) is 0. The second kappa shape index (κ2) is 9.08. The van der Waals surface area contributed by atoms with Crippen LogP contribution in [0.3, 0.4) is 0 Å². The van der Waals surface area contributed by atoms with E-state index in [9.17, 15) is 22.4 Å². The van der Waals surface area contributed by atoms with E-state index >= 15 is 0 Å². The lowest BCUT2D eigenvalue weighted by molar-refractivity contribution is -0.145. The van der Waals surface area contributed by atoms with Crippen LogP contribution in [0.2, 0.25) is 0 Å². The maximum Gasteiger partial charge on any atom is 0.451 e. The highest BCUT2D eigenvalue weighted by Crippen LogP contribution is 2.28. The van der Waals surface area contributed by atoms with Gasteiger partial charge in [-0.2, -0.15) is 13.2 Å². The van der Waals surface area contributed by atoms with E-state index in [1.165, 1.54) is 37.5 Å². The fourth-order valence-electron chi connectivity index (χ4n) is 3.75. The summed E-state index contributed by atoms with van der Waals surface area (Å²) in [6.45, 7) is 2.10. The van der Waals surface area contributed by atoms with Crippen molar-refractivity contribution in [3.8, 4) is 11.4 Å². The van der Waals surface area contributed by atoms with Crippen LogP contribution in [0.5, 0.6) is 0 Å². The van der Waals surface area contributed by atoms with E-state index in [2.05, 4.69) is 25.3 Å². The molecule has 1 unspecified atom stereocenters. The molecule has 33 heavy (non-hydrogen) atoms. The molecule has 0 radical (unpaired) electrons. The number of nitrogens with zero attached hydrogens (tertiary/aromatic N) is 5. The van der Waals surface area contributed by atoms with Crippen LogP contribution < -0.4 is 5.32 Å². The number of benzene rings is 1. The van der Waals surface area contributed by atoms with Crippen LogP contribution in [-0.2, 0) is 6.18 Å². The first kappa shape index (κ1) is 22.6. The Hall–Kier alpha value is -3.63. The van der Waals surface area contributed by atoms with Gasteiger partial charge in [-0.05, 0) is 44.0 Å². The molecule has 1 aliphatic rings. The zero-order valence-corrected chi connectivity index (χ0v) is 17.6. The van der Waals surface area contributed by atoms with Crippen molar-refractivity contribution in [2.45, 2.75) is 32.0 Å². The van der Waals surface area contributed by atoms with Gasteiger partial charge in [-0.3, -0.25) is 4.79 Å². The van der Waals surface area contributed by atoms with Crippen molar-refractivity contribution in [1.29, 1.82) is 0 Å². The van der Waals surface area contributed by atoms with E-state index in [0.29, 0.717) is 30.8 Å². The maximum absolute atomic E-state index is 14.0. The minimum Gasteiger partial charge on any atom is -0.365 e. The lowest BCUT2D eigenvalue weighted by atomic mass is 10.0. The predicted molar refractivity (Wildman–Crippen MR) is 112 cm³/mol. The molecule has 1 atom stereocenters. The molecule has 1 aliphatic heterocycles. The summed E-state index contributed by atoms with van der Waals surface area (Å²) in [6, 6.07) is 6.57. The molecule has 3 heterocycles. The number of aryl methyl sites for hydroxylation is 1. The van der Waals surface area contributed by atoms with E-state index in [-0.39, 0.29) is 29.7 Å². The molecule has 3 aromatic rings. The Morgan fingerprint density at radius 2 is 1.91 bits per heavy atom. The molecule has 1 aromatic carbocycles. The Labute approximate surface area is 186 Å². The number of alkyl halides is 3. The second-order valence-corrected chi connectivity index (χ2v) is 7.71. The first-order valence-corrected chi connectivity index (χ1v) is 10.3. The van der Waals surface area contributed by atoms with Gasteiger partial charge in [0.05, 0.1) is 5.56 Å². The largest absolute Gasteiger partial charge is 0.451 e. The first-order chi connectivity index (χ1) is 15.7. The van der Waals surface area contributed by atoms with Crippen molar-refractivity contribution in [1.82, 2.24) is 24.8 Å². The topological polar surface area (TPSA) is 83.9 Å². The Kier molecular flexibility index (Phi) is 6.21. The van der Waals surface area contributed by atoms with E-state index in [0.717, 1.165) is 6.07 Å². The van der Waals surface area contributed by atoms with Crippen LogP contribution in [0, 0.1) is 12.7 Å². The SMILES string of the molecule is Cc1cc(NC2CCCN(C(=O)c3cc(F)ccc3-c3ncccn3)C2)nc(C(F)(F)F)n1. The number of aromatic nitrogens is 4. The van der Waals surface area contributed by atoms with Crippen molar-refractivity contribution in [2.24, 2.45) is 0 Å². The number of nitrogens with one attached hydrogen (secondary N) is 1. The van der Waals surface area contributed by atoms with E-state index < -0.39 is 23.7 Å². The third kappa shape index (κ3) is 5.24. The van der Waals surface area contributed by atoms with Crippen LogP contribution in [-0.4, -0.2) is 49.9 Å². The molecule has 4 rings (SSSR count). The molecule has 0 bridgehead atoms. The second-order valence-electron chi connectivity index (χ2n) is 7.71. The standard InChI is InChI=1S/C22H20F4N6O/c1-13-10-18(31-21(29-13)22(24,25)26)30-15-4-2-9-32(12-15)20(33)17-11-14(23)5-6-16(17)19-27-7-3-8-28-19/h3,5-8,10-11,15H,2,4,9,12H2,1H3,(H,29,30,31). The van der Waals surface area contributed by atoms with Crippen molar-refractivity contribution in [3.63, 3.8) is 0 Å². The smallest absolute Gasteiger partial charge is 0.365 e. The fourth-order valence-corrected chi connectivity index (χ4v) is 3.75. The highest BCUT2D eigenvalue weighted by molar-refractivity contribution is 6.00.